The minimum atomic E-state index is -0.962. The molecule has 8 heteroatoms. The highest BCUT2D eigenvalue weighted by Crippen LogP contribution is 2.28. The van der Waals surface area contributed by atoms with Crippen molar-refractivity contribution in [2.24, 2.45) is 13.0 Å². The van der Waals surface area contributed by atoms with Gasteiger partial charge in [0.05, 0.1) is 10.8 Å². The zero-order valence-electron chi connectivity index (χ0n) is 10.7. The predicted molar refractivity (Wildman–Crippen MR) is 64.5 cm³/mol. The van der Waals surface area contributed by atoms with Gasteiger partial charge < -0.3 is 10.4 Å². The van der Waals surface area contributed by atoms with E-state index in [1.165, 1.54) is 18.5 Å². The monoisotopic (exact) mass is 256 g/mol. The lowest BCUT2D eigenvalue weighted by Gasteiger charge is -2.18. The van der Waals surface area contributed by atoms with Crippen LogP contribution in [0, 0.1) is 23.0 Å². The number of nitro groups is 1. The van der Waals surface area contributed by atoms with Gasteiger partial charge in [-0.15, -0.1) is 0 Å². The van der Waals surface area contributed by atoms with Crippen molar-refractivity contribution in [2.75, 3.05) is 5.32 Å². The molecule has 0 amide bonds. The Morgan fingerprint density at radius 1 is 1.56 bits per heavy atom. The van der Waals surface area contributed by atoms with E-state index in [4.69, 9.17) is 5.11 Å². The smallest absolute Gasteiger partial charge is 0.333 e. The van der Waals surface area contributed by atoms with Gasteiger partial charge in [0.2, 0.25) is 5.82 Å². The molecule has 0 aromatic carbocycles. The maximum absolute atomic E-state index is 10.9. The van der Waals surface area contributed by atoms with Gasteiger partial charge in [0.15, 0.2) is 0 Å². The standard InChI is InChI=1S/C10H16N4O4/c1-5(10(15)16)6(2)11-9-8(14(17)18)7(3)12-13(9)4/h5-6,11H,1-4H3,(H,15,16). The first-order valence-electron chi connectivity index (χ1n) is 5.43. The van der Waals surface area contributed by atoms with Gasteiger partial charge in [-0.3, -0.25) is 14.9 Å². The molecule has 1 heterocycles. The van der Waals surface area contributed by atoms with E-state index in [9.17, 15) is 14.9 Å². The number of carboxylic acid groups (broad SMARTS) is 1. The van der Waals surface area contributed by atoms with Gasteiger partial charge in [-0.2, -0.15) is 5.10 Å². The minimum absolute atomic E-state index is 0.123. The van der Waals surface area contributed by atoms with E-state index in [2.05, 4.69) is 10.4 Å². The van der Waals surface area contributed by atoms with E-state index >= 15 is 0 Å². The topological polar surface area (TPSA) is 110 Å². The molecule has 0 aliphatic rings. The lowest BCUT2D eigenvalue weighted by atomic mass is 10.0. The summed E-state index contributed by atoms with van der Waals surface area (Å²) >= 11 is 0. The van der Waals surface area contributed by atoms with Gasteiger partial charge in [0.25, 0.3) is 0 Å². The van der Waals surface area contributed by atoms with Crippen LogP contribution in [-0.4, -0.2) is 31.8 Å². The lowest BCUT2D eigenvalue weighted by molar-refractivity contribution is -0.384. The van der Waals surface area contributed by atoms with E-state index in [1.54, 1.807) is 14.0 Å². The Labute approximate surface area is 104 Å². The van der Waals surface area contributed by atoms with Crippen LogP contribution < -0.4 is 5.32 Å². The number of rotatable bonds is 5. The molecule has 0 fully saturated rings. The van der Waals surface area contributed by atoms with Gasteiger partial charge in [0, 0.05) is 13.1 Å². The molecule has 2 unspecified atom stereocenters. The van der Waals surface area contributed by atoms with Gasteiger partial charge in [0.1, 0.15) is 5.69 Å². The molecule has 0 saturated carbocycles. The maximum atomic E-state index is 10.9. The van der Waals surface area contributed by atoms with E-state index in [1.807, 2.05) is 0 Å². The Bertz CT molecular complexity index is 482. The molecule has 0 radical (unpaired) electrons. The Hall–Kier alpha value is -2.12. The van der Waals surface area contributed by atoms with Gasteiger partial charge >= 0.3 is 11.7 Å². The quantitative estimate of drug-likeness (QED) is 0.604. The molecule has 0 aliphatic carbocycles. The second-order valence-corrected chi connectivity index (χ2v) is 4.22. The Balaban J connectivity index is 3.04. The summed E-state index contributed by atoms with van der Waals surface area (Å²) in [6, 6.07) is -0.448. The second kappa shape index (κ2) is 5.03. The third-order valence-electron chi connectivity index (χ3n) is 2.88. The predicted octanol–water partition coefficient (Wildman–Crippen LogP) is 1.16. The largest absolute Gasteiger partial charge is 0.481 e. The number of anilines is 1. The summed E-state index contributed by atoms with van der Waals surface area (Å²) in [5.74, 6) is -1.41. The fourth-order valence-corrected chi connectivity index (χ4v) is 1.58. The molecule has 0 aliphatic heterocycles. The zero-order valence-corrected chi connectivity index (χ0v) is 10.7. The maximum Gasteiger partial charge on any atom is 0.333 e. The highest BCUT2D eigenvalue weighted by atomic mass is 16.6. The lowest BCUT2D eigenvalue weighted by Crippen LogP contribution is -2.30. The van der Waals surface area contributed by atoms with Gasteiger partial charge in [-0.1, -0.05) is 0 Å². The molecular formula is C10H16N4O4. The van der Waals surface area contributed by atoms with E-state index in [0.717, 1.165) is 0 Å². The second-order valence-electron chi connectivity index (χ2n) is 4.22. The zero-order chi connectivity index (χ0) is 14.0. The van der Waals surface area contributed by atoms with Crippen molar-refractivity contribution < 1.29 is 14.8 Å². The van der Waals surface area contributed by atoms with Crippen molar-refractivity contribution in [3.63, 3.8) is 0 Å². The molecule has 1 rings (SSSR count). The van der Waals surface area contributed by atoms with Crippen LogP contribution in [0.2, 0.25) is 0 Å². The number of nitrogens with zero attached hydrogens (tertiary/aromatic N) is 3. The van der Waals surface area contributed by atoms with Crippen LogP contribution in [-0.2, 0) is 11.8 Å². The summed E-state index contributed by atoms with van der Waals surface area (Å²) in [5, 5.41) is 26.6. The van der Waals surface area contributed by atoms with Crippen molar-refractivity contribution in [3.8, 4) is 0 Å². The van der Waals surface area contributed by atoms with Crippen LogP contribution in [0.5, 0.6) is 0 Å². The van der Waals surface area contributed by atoms with Crippen LogP contribution >= 0.6 is 0 Å². The molecular weight excluding hydrogens is 240 g/mol. The highest BCUT2D eigenvalue weighted by Gasteiger charge is 2.27. The first-order valence-corrected chi connectivity index (χ1v) is 5.43. The van der Waals surface area contributed by atoms with Crippen molar-refractivity contribution in [3.05, 3.63) is 15.8 Å². The average molecular weight is 256 g/mol. The van der Waals surface area contributed by atoms with Crippen molar-refractivity contribution in [2.45, 2.75) is 26.8 Å². The third kappa shape index (κ3) is 2.58. The average Bonchev–Trinajstić information content (AvgIpc) is 2.52. The number of aromatic nitrogens is 2. The minimum Gasteiger partial charge on any atom is -0.481 e. The van der Waals surface area contributed by atoms with Gasteiger partial charge in [-0.05, 0) is 20.8 Å². The van der Waals surface area contributed by atoms with Crippen LogP contribution in [0.15, 0.2) is 0 Å². The number of aryl methyl sites for hydroxylation is 2. The van der Waals surface area contributed by atoms with Crippen molar-refractivity contribution >= 4 is 17.5 Å². The van der Waals surface area contributed by atoms with Crippen LogP contribution in [0.1, 0.15) is 19.5 Å². The first-order chi connectivity index (χ1) is 8.25. The normalized spacial score (nSPS) is 14.0. The van der Waals surface area contributed by atoms with E-state index in [0.29, 0.717) is 5.69 Å². The molecule has 100 valence electrons. The third-order valence-corrected chi connectivity index (χ3v) is 2.88. The fraction of sp³-hybridized carbons (Fsp3) is 0.600. The number of hydrogen-bond acceptors (Lipinski definition) is 5. The first kappa shape index (κ1) is 13.9. The van der Waals surface area contributed by atoms with Crippen LogP contribution in [0.4, 0.5) is 11.5 Å². The Morgan fingerprint density at radius 3 is 2.56 bits per heavy atom. The van der Waals surface area contributed by atoms with Gasteiger partial charge in [-0.25, -0.2) is 4.68 Å². The summed E-state index contributed by atoms with van der Waals surface area (Å²) in [7, 11) is 1.57. The molecule has 18 heavy (non-hydrogen) atoms. The van der Waals surface area contributed by atoms with E-state index in [-0.39, 0.29) is 11.5 Å². The summed E-state index contributed by atoms with van der Waals surface area (Å²) < 4.78 is 1.35. The molecule has 1 aromatic rings. The summed E-state index contributed by atoms with van der Waals surface area (Å²) in [4.78, 5) is 21.3. The number of hydrogen-bond donors (Lipinski definition) is 2. The summed E-state index contributed by atoms with van der Waals surface area (Å²) in [6.07, 6.45) is 0. The number of carboxylic acids is 1. The fourth-order valence-electron chi connectivity index (χ4n) is 1.58. The molecule has 2 atom stereocenters. The van der Waals surface area contributed by atoms with Crippen LogP contribution in [0.25, 0.3) is 0 Å². The molecule has 0 spiro atoms. The van der Waals surface area contributed by atoms with Crippen LogP contribution in [0.3, 0.4) is 0 Å². The molecule has 1 aromatic heterocycles. The molecule has 2 N–H and O–H groups in total. The number of carbonyl (C=O) groups is 1. The molecule has 0 bridgehead atoms. The Kier molecular flexibility index (Phi) is 3.89. The van der Waals surface area contributed by atoms with Crippen molar-refractivity contribution in [1.29, 1.82) is 0 Å². The molecule has 8 nitrogen and oxygen atoms in total. The van der Waals surface area contributed by atoms with E-state index < -0.39 is 22.9 Å². The SMILES string of the molecule is Cc1nn(C)c(NC(C)C(C)C(=O)O)c1[N+](=O)[O-]. The summed E-state index contributed by atoms with van der Waals surface area (Å²) in [6.45, 7) is 4.73. The summed E-state index contributed by atoms with van der Waals surface area (Å²) in [5.41, 5.74) is 0.169. The van der Waals surface area contributed by atoms with Crippen molar-refractivity contribution in [1.82, 2.24) is 9.78 Å². The number of aliphatic carboxylic acids is 1. The highest BCUT2D eigenvalue weighted by molar-refractivity contribution is 5.71. The number of nitrogens with one attached hydrogen (secondary N) is 1. The Morgan fingerprint density at radius 2 is 2.11 bits per heavy atom. The molecule has 0 saturated heterocycles.